The summed E-state index contributed by atoms with van der Waals surface area (Å²) in [5.41, 5.74) is 2.80. The maximum absolute atomic E-state index is 13.2. The first-order valence-corrected chi connectivity index (χ1v) is 13.1. The number of aryl methyl sites for hydroxylation is 1. The van der Waals surface area contributed by atoms with Crippen LogP contribution in [-0.2, 0) is 4.79 Å². The van der Waals surface area contributed by atoms with Gasteiger partial charge in [-0.15, -0.1) is 5.10 Å². The van der Waals surface area contributed by atoms with Crippen LogP contribution in [0.15, 0.2) is 18.2 Å². The highest BCUT2D eigenvalue weighted by atomic mass is 32.1. The number of carbonyl (C=O) groups is 3. The number of carbonyl (C=O) groups excluding carboxylic acids is 3. The van der Waals surface area contributed by atoms with Crippen molar-refractivity contribution < 1.29 is 14.4 Å². The molecule has 1 aromatic heterocycles. The summed E-state index contributed by atoms with van der Waals surface area (Å²) in [7, 11) is 0. The van der Waals surface area contributed by atoms with Crippen LogP contribution in [0.25, 0.3) is 0 Å². The molecular formula is C24H31N7O3S. The highest BCUT2D eigenvalue weighted by Gasteiger charge is 2.31. The van der Waals surface area contributed by atoms with Crippen molar-refractivity contribution in [3.8, 4) is 0 Å². The summed E-state index contributed by atoms with van der Waals surface area (Å²) in [4.78, 5) is 45.2. The van der Waals surface area contributed by atoms with Crippen molar-refractivity contribution in [3.05, 3.63) is 34.3 Å². The second-order valence-corrected chi connectivity index (χ2v) is 10.1. The van der Waals surface area contributed by atoms with Gasteiger partial charge in [-0.05, 0) is 62.5 Å². The molecule has 2 aromatic rings. The van der Waals surface area contributed by atoms with E-state index in [-0.39, 0.29) is 23.6 Å². The molecule has 0 unspecified atom stereocenters. The van der Waals surface area contributed by atoms with Crippen LogP contribution in [0.5, 0.6) is 0 Å². The number of rotatable bonds is 5. The first kappa shape index (κ1) is 23.7. The fraction of sp³-hybridized carbons (Fsp3) is 0.542. The third-order valence-corrected chi connectivity index (χ3v) is 7.65. The van der Waals surface area contributed by atoms with Crippen molar-refractivity contribution in [1.29, 1.82) is 0 Å². The molecule has 3 aliphatic rings. The molecule has 3 heterocycles. The third-order valence-electron chi connectivity index (χ3n) is 6.83. The van der Waals surface area contributed by atoms with Crippen molar-refractivity contribution in [2.75, 3.05) is 62.6 Å². The molecule has 1 aliphatic carbocycles. The van der Waals surface area contributed by atoms with Crippen molar-refractivity contribution in [3.63, 3.8) is 0 Å². The van der Waals surface area contributed by atoms with Gasteiger partial charge in [0.2, 0.25) is 5.91 Å². The Bertz CT molecular complexity index is 1100. The normalized spacial score (nSPS) is 18.8. The van der Waals surface area contributed by atoms with Gasteiger partial charge in [0.15, 0.2) is 0 Å². The molecule has 5 rings (SSSR count). The molecule has 0 atom stereocenters. The van der Waals surface area contributed by atoms with Crippen LogP contribution in [0, 0.1) is 12.8 Å². The Morgan fingerprint density at radius 2 is 1.77 bits per heavy atom. The van der Waals surface area contributed by atoms with Crippen LogP contribution in [0.1, 0.15) is 45.0 Å². The van der Waals surface area contributed by atoms with E-state index in [1.54, 1.807) is 6.92 Å². The van der Waals surface area contributed by atoms with E-state index in [2.05, 4.69) is 25.1 Å². The summed E-state index contributed by atoms with van der Waals surface area (Å²) >= 11 is 1.13. The zero-order valence-corrected chi connectivity index (χ0v) is 20.8. The molecular weight excluding hydrogens is 466 g/mol. The average molecular weight is 498 g/mol. The van der Waals surface area contributed by atoms with Crippen LogP contribution in [0.3, 0.4) is 0 Å². The molecule has 35 heavy (non-hydrogen) atoms. The number of hydrogen-bond donors (Lipinski definition) is 2. The Morgan fingerprint density at radius 1 is 1.00 bits per heavy atom. The molecule has 11 heteroatoms. The Balaban J connectivity index is 1.33. The SMILES string of the molecule is Cc1nnsc1C(=O)N1CCN(c2ccc(C(=O)N3CCCNCC3)cc2NC(=O)C2CC2)CC1. The standard InChI is InChI=1S/C24H31N7O3S/c1-16-21(35-28-27-16)24(34)31-13-11-29(12-14-31)20-6-5-18(15-19(20)26-22(32)17-3-4-17)23(33)30-9-2-7-25-8-10-30/h5-6,15,17,25H,2-4,7-14H2,1H3,(H,26,32). The number of piperazine rings is 1. The van der Waals surface area contributed by atoms with Gasteiger partial charge in [-0.3, -0.25) is 14.4 Å². The number of aromatic nitrogens is 2. The molecule has 10 nitrogen and oxygen atoms in total. The predicted molar refractivity (Wildman–Crippen MR) is 134 cm³/mol. The highest BCUT2D eigenvalue weighted by molar-refractivity contribution is 7.07. The van der Waals surface area contributed by atoms with Gasteiger partial charge in [-0.2, -0.15) is 0 Å². The van der Waals surface area contributed by atoms with Gasteiger partial charge in [0.1, 0.15) is 4.88 Å². The molecule has 3 amide bonds. The summed E-state index contributed by atoms with van der Waals surface area (Å²) < 4.78 is 3.88. The van der Waals surface area contributed by atoms with E-state index >= 15 is 0 Å². The van der Waals surface area contributed by atoms with Gasteiger partial charge >= 0.3 is 0 Å². The monoisotopic (exact) mass is 497 g/mol. The lowest BCUT2D eigenvalue weighted by molar-refractivity contribution is -0.117. The summed E-state index contributed by atoms with van der Waals surface area (Å²) in [6, 6.07) is 5.60. The van der Waals surface area contributed by atoms with E-state index < -0.39 is 0 Å². The maximum Gasteiger partial charge on any atom is 0.267 e. The Morgan fingerprint density at radius 3 is 2.49 bits per heavy atom. The lowest BCUT2D eigenvalue weighted by Gasteiger charge is -2.37. The van der Waals surface area contributed by atoms with Gasteiger partial charge in [-0.1, -0.05) is 4.49 Å². The van der Waals surface area contributed by atoms with Gasteiger partial charge in [0.25, 0.3) is 11.8 Å². The molecule has 1 saturated carbocycles. The lowest BCUT2D eigenvalue weighted by atomic mass is 10.1. The molecule has 186 valence electrons. The fourth-order valence-electron chi connectivity index (χ4n) is 4.58. The molecule has 0 spiro atoms. The van der Waals surface area contributed by atoms with Crippen molar-refractivity contribution in [1.82, 2.24) is 24.7 Å². The molecule has 2 N–H and O–H groups in total. The maximum atomic E-state index is 13.2. The van der Waals surface area contributed by atoms with Gasteiger partial charge in [0, 0.05) is 57.3 Å². The first-order valence-electron chi connectivity index (χ1n) is 12.3. The van der Waals surface area contributed by atoms with E-state index in [9.17, 15) is 14.4 Å². The van der Waals surface area contributed by atoms with Crippen molar-refractivity contribution in [2.24, 2.45) is 5.92 Å². The highest BCUT2D eigenvalue weighted by Crippen LogP contribution is 2.34. The number of benzene rings is 1. The van der Waals surface area contributed by atoms with Gasteiger partial charge in [0.05, 0.1) is 17.1 Å². The number of nitrogens with one attached hydrogen (secondary N) is 2. The van der Waals surface area contributed by atoms with Crippen LogP contribution in [0.4, 0.5) is 11.4 Å². The molecule has 0 bridgehead atoms. The van der Waals surface area contributed by atoms with E-state index in [0.29, 0.717) is 54.5 Å². The van der Waals surface area contributed by atoms with Crippen molar-refractivity contribution in [2.45, 2.75) is 26.2 Å². The topological polar surface area (TPSA) is 111 Å². The number of hydrogen-bond acceptors (Lipinski definition) is 8. The molecule has 2 aliphatic heterocycles. The summed E-state index contributed by atoms with van der Waals surface area (Å²) in [6.07, 6.45) is 2.75. The van der Waals surface area contributed by atoms with E-state index in [4.69, 9.17) is 0 Å². The van der Waals surface area contributed by atoms with E-state index in [0.717, 1.165) is 56.1 Å². The minimum atomic E-state index is -0.0349. The molecule has 2 saturated heterocycles. The smallest absolute Gasteiger partial charge is 0.267 e. The number of anilines is 2. The Hall–Kier alpha value is -3.05. The Labute approximate surface area is 208 Å². The lowest BCUT2D eigenvalue weighted by Crippen LogP contribution is -2.49. The van der Waals surface area contributed by atoms with E-state index in [1.165, 1.54) is 0 Å². The largest absolute Gasteiger partial charge is 0.366 e. The van der Waals surface area contributed by atoms with Gasteiger partial charge < -0.3 is 25.3 Å². The van der Waals surface area contributed by atoms with Crippen LogP contribution < -0.4 is 15.5 Å². The van der Waals surface area contributed by atoms with Crippen LogP contribution >= 0.6 is 11.5 Å². The van der Waals surface area contributed by atoms with Crippen LogP contribution in [-0.4, -0.2) is 89.5 Å². The summed E-state index contributed by atoms with van der Waals surface area (Å²) in [5.74, 6) is 0.0276. The number of nitrogens with zero attached hydrogens (tertiary/aromatic N) is 5. The third kappa shape index (κ3) is 5.30. The summed E-state index contributed by atoms with van der Waals surface area (Å²) in [6.45, 7) is 7.29. The summed E-state index contributed by atoms with van der Waals surface area (Å²) in [5, 5.41) is 10.4. The Kier molecular flexibility index (Phi) is 6.96. The first-order chi connectivity index (χ1) is 17.0. The van der Waals surface area contributed by atoms with Gasteiger partial charge in [-0.25, -0.2) is 0 Å². The second-order valence-electron chi connectivity index (χ2n) is 9.36. The van der Waals surface area contributed by atoms with Crippen molar-refractivity contribution >= 4 is 40.6 Å². The molecule has 3 fully saturated rings. The minimum absolute atomic E-state index is 0.00822. The average Bonchev–Trinajstić information content (AvgIpc) is 3.68. The van der Waals surface area contributed by atoms with Crippen LogP contribution in [0.2, 0.25) is 0 Å². The fourth-order valence-corrected chi connectivity index (χ4v) is 5.20. The predicted octanol–water partition coefficient (Wildman–Crippen LogP) is 1.59. The number of amides is 3. The second kappa shape index (κ2) is 10.3. The minimum Gasteiger partial charge on any atom is -0.366 e. The van der Waals surface area contributed by atoms with E-state index in [1.807, 2.05) is 28.0 Å². The molecule has 0 radical (unpaired) electrons. The zero-order chi connectivity index (χ0) is 24.4. The quantitative estimate of drug-likeness (QED) is 0.645. The zero-order valence-electron chi connectivity index (χ0n) is 20.0. The molecule has 1 aromatic carbocycles.